The number of carbonyl (C=O) groups is 2. The molecule has 0 unspecified atom stereocenters. The molecule has 1 N–H and O–H groups in total. The van der Waals surface area contributed by atoms with Gasteiger partial charge in [0.15, 0.2) is 0 Å². The maximum atomic E-state index is 13.5. The zero-order valence-corrected chi connectivity index (χ0v) is 22.1. The minimum atomic E-state index is -3.91. The Hall–Kier alpha value is -2.42. The van der Waals surface area contributed by atoms with Crippen molar-refractivity contribution in [2.24, 2.45) is 0 Å². The van der Waals surface area contributed by atoms with Crippen LogP contribution in [0.4, 0.5) is 0 Å². The van der Waals surface area contributed by atoms with E-state index < -0.39 is 22.0 Å². The van der Waals surface area contributed by atoms with Crippen molar-refractivity contribution in [2.75, 3.05) is 13.6 Å². The van der Waals surface area contributed by atoms with E-state index in [4.69, 9.17) is 11.6 Å². The van der Waals surface area contributed by atoms with Crippen LogP contribution in [0.5, 0.6) is 0 Å². The number of benzene rings is 2. The summed E-state index contributed by atoms with van der Waals surface area (Å²) in [6.45, 7) is 3.67. The number of hydrogen-bond acceptors (Lipinski definition) is 4. The molecule has 0 heterocycles. The average molecular weight is 520 g/mol. The number of rotatable bonds is 10. The second-order valence-electron chi connectivity index (χ2n) is 9.14. The predicted octanol–water partition coefficient (Wildman–Crippen LogP) is 4.14. The Balaban J connectivity index is 1.83. The first kappa shape index (κ1) is 27.2. The van der Waals surface area contributed by atoms with Gasteiger partial charge in [-0.1, -0.05) is 61.2 Å². The summed E-state index contributed by atoms with van der Waals surface area (Å²) < 4.78 is 27.1. The van der Waals surface area contributed by atoms with Gasteiger partial charge in [0.25, 0.3) is 0 Å². The van der Waals surface area contributed by atoms with Gasteiger partial charge >= 0.3 is 0 Å². The van der Waals surface area contributed by atoms with Gasteiger partial charge in [-0.2, -0.15) is 4.31 Å². The van der Waals surface area contributed by atoms with Crippen molar-refractivity contribution in [3.8, 4) is 0 Å². The molecular weight excluding hydrogens is 486 g/mol. The predicted molar refractivity (Wildman–Crippen MR) is 137 cm³/mol. The molecule has 35 heavy (non-hydrogen) atoms. The van der Waals surface area contributed by atoms with E-state index in [2.05, 4.69) is 5.32 Å². The van der Waals surface area contributed by atoms with Gasteiger partial charge < -0.3 is 10.2 Å². The molecule has 0 bridgehead atoms. The molecule has 0 radical (unpaired) electrons. The summed E-state index contributed by atoms with van der Waals surface area (Å²) in [5, 5.41) is 3.52. The molecule has 190 valence electrons. The molecule has 2 aromatic rings. The number of nitrogens with zero attached hydrogens (tertiary/aromatic N) is 2. The lowest BCUT2D eigenvalue weighted by molar-refractivity contribution is -0.141. The molecule has 1 aliphatic carbocycles. The summed E-state index contributed by atoms with van der Waals surface area (Å²) in [6, 6.07) is 13.0. The van der Waals surface area contributed by atoms with Crippen LogP contribution in [0.25, 0.3) is 0 Å². The first-order valence-corrected chi connectivity index (χ1v) is 13.8. The van der Waals surface area contributed by atoms with Crippen molar-refractivity contribution in [1.82, 2.24) is 14.5 Å². The van der Waals surface area contributed by atoms with E-state index in [9.17, 15) is 18.0 Å². The molecule has 9 heteroatoms. The minimum absolute atomic E-state index is 0.0494. The van der Waals surface area contributed by atoms with E-state index in [1.807, 2.05) is 38.1 Å². The first-order valence-electron chi connectivity index (χ1n) is 12.0. The van der Waals surface area contributed by atoms with Crippen LogP contribution in [-0.4, -0.2) is 55.1 Å². The normalized spacial score (nSPS) is 15.2. The van der Waals surface area contributed by atoms with E-state index in [0.29, 0.717) is 11.4 Å². The van der Waals surface area contributed by atoms with Crippen LogP contribution in [0.1, 0.15) is 50.2 Å². The Bertz CT molecular complexity index is 1110. The smallest absolute Gasteiger partial charge is 0.243 e. The topological polar surface area (TPSA) is 86.8 Å². The van der Waals surface area contributed by atoms with Crippen LogP contribution in [-0.2, 0) is 26.2 Å². The Morgan fingerprint density at radius 3 is 2.23 bits per heavy atom. The SMILES string of the molecule is CC[C@@H](C(=O)NC1CCCC1)N(Cc1ccc(C)cc1)C(=O)CN(C)S(=O)(=O)c1ccc(Cl)cc1. The molecule has 2 aromatic carbocycles. The summed E-state index contributed by atoms with van der Waals surface area (Å²) in [5.74, 6) is -0.623. The quantitative estimate of drug-likeness (QED) is 0.511. The van der Waals surface area contributed by atoms with Crippen LogP contribution < -0.4 is 5.32 Å². The highest BCUT2D eigenvalue weighted by molar-refractivity contribution is 7.89. The first-order chi connectivity index (χ1) is 16.6. The number of sulfonamides is 1. The number of amides is 2. The lowest BCUT2D eigenvalue weighted by atomic mass is 10.1. The van der Waals surface area contributed by atoms with Crippen molar-refractivity contribution < 1.29 is 18.0 Å². The number of nitrogens with one attached hydrogen (secondary N) is 1. The third-order valence-electron chi connectivity index (χ3n) is 6.44. The second-order valence-corrected chi connectivity index (χ2v) is 11.6. The summed E-state index contributed by atoms with van der Waals surface area (Å²) in [5.41, 5.74) is 1.96. The van der Waals surface area contributed by atoms with Gasteiger partial charge in [-0.15, -0.1) is 0 Å². The molecule has 2 amide bonds. The lowest BCUT2D eigenvalue weighted by Crippen LogP contribution is -2.53. The summed E-state index contributed by atoms with van der Waals surface area (Å²) in [4.78, 5) is 28.3. The Morgan fingerprint density at radius 2 is 1.66 bits per heavy atom. The van der Waals surface area contributed by atoms with Crippen LogP contribution in [0.15, 0.2) is 53.4 Å². The second kappa shape index (κ2) is 12.0. The van der Waals surface area contributed by atoms with Gasteiger partial charge in [-0.3, -0.25) is 9.59 Å². The maximum Gasteiger partial charge on any atom is 0.243 e. The number of aryl methyl sites for hydroxylation is 1. The van der Waals surface area contributed by atoms with Crippen molar-refractivity contribution in [2.45, 2.75) is 69.5 Å². The highest BCUT2D eigenvalue weighted by atomic mass is 35.5. The number of hydrogen-bond donors (Lipinski definition) is 1. The van der Waals surface area contributed by atoms with Crippen LogP contribution in [0, 0.1) is 6.92 Å². The van der Waals surface area contributed by atoms with Gasteiger partial charge in [-0.25, -0.2) is 8.42 Å². The highest BCUT2D eigenvalue weighted by Crippen LogP contribution is 2.21. The standard InChI is InChI=1S/C26H34ClN3O4S/c1-4-24(26(32)28-22-7-5-6-8-22)30(17-20-11-9-19(2)10-12-20)25(31)18-29(3)35(33,34)23-15-13-21(27)14-16-23/h9-16,22,24H,4-8,17-18H2,1-3H3,(H,28,32)/t24-/m0/s1. The Labute approximate surface area is 213 Å². The van der Waals surface area contributed by atoms with E-state index in [0.717, 1.165) is 41.1 Å². The third kappa shape index (κ3) is 7.06. The monoisotopic (exact) mass is 519 g/mol. The summed E-state index contributed by atoms with van der Waals surface area (Å²) in [7, 11) is -2.54. The molecule has 1 atom stereocenters. The number of halogens is 1. The average Bonchev–Trinajstić information content (AvgIpc) is 3.33. The van der Waals surface area contributed by atoms with Gasteiger partial charge in [-0.05, 0) is 56.0 Å². The van der Waals surface area contributed by atoms with Gasteiger partial charge in [0.05, 0.1) is 11.4 Å². The molecule has 3 rings (SSSR count). The van der Waals surface area contributed by atoms with E-state index in [-0.39, 0.29) is 29.9 Å². The molecule has 1 fully saturated rings. The Kier molecular flexibility index (Phi) is 9.33. The molecule has 7 nitrogen and oxygen atoms in total. The number of likely N-dealkylation sites (N-methyl/N-ethyl adjacent to an activating group) is 1. The molecule has 1 aliphatic rings. The zero-order chi connectivity index (χ0) is 25.6. The van der Waals surface area contributed by atoms with Crippen molar-refractivity contribution in [3.05, 3.63) is 64.7 Å². The highest BCUT2D eigenvalue weighted by Gasteiger charge is 2.33. The molecule has 1 saturated carbocycles. The largest absolute Gasteiger partial charge is 0.352 e. The fourth-order valence-electron chi connectivity index (χ4n) is 4.33. The lowest BCUT2D eigenvalue weighted by Gasteiger charge is -2.32. The molecule has 0 aliphatic heterocycles. The van der Waals surface area contributed by atoms with Gasteiger partial charge in [0, 0.05) is 24.7 Å². The fourth-order valence-corrected chi connectivity index (χ4v) is 5.58. The number of carbonyl (C=O) groups excluding carboxylic acids is 2. The van der Waals surface area contributed by atoms with Crippen molar-refractivity contribution in [1.29, 1.82) is 0 Å². The van der Waals surface area contributed by atoms with Crippen LogP contribution >= 0.6 is 11.6 Å². The van der Waals surface area contributed by atoms with Gasteiger partial charge in [0.2, 0.25) is 21.8 Å². The van der Waals surface area contributed by atoms with Crippen molar-refractivity contribution >= 4 is 33.4 Å². The molecular formula is C26H34ClN3O4S. The summed E-state index contributed by atoms with van der Waals surface area (Å²) >= 11 is 5.89. The van der Waals surface area contributed by atoms with E-state index >= 15 is 0 Å². The van der Waals surface area contributed by atoms with E-state index in [1.54, 1.807) is 0 Å². The van der Waals surface area contributed by atoms with Crippen LogP contribution in [0.3, 0.4) is 0 Å². The third-order valence-corrected chi connectivity index (χ3v) is 8.51. The van der Waals surface area contributed by atoms with Crippen LogP contribution in [0.2, 0.25) is 5.02 Å². The van der Waals surface area contributed by atoms with Crippen molar-refractivity contribution in [3.63, 3.8) is 0 Å². The maximum absolute atomic E-state index is 13.5. The molecule has 0 spiro atoms. The summed E-state index contributed by atoms with van der Waals surface area (Å²) in [6.07, 6.45) is 4.47. The van der Waals surface area contributed by atoms with Gasteiger partial charge in [0.1, 0.15) is 6.04 Å². The Morgan fingerprint density at radius 1 is 1.06 bits per heavy atom. The van der Waals surface area contributed by atoms with E-state index in [1.165, 1.54) is 36.2 Å². The molecule has 0 aromatic heterocycles. The fraction of sp³-hybridized carbons (Fsp3) is 0.462. The molecule has 0 saturated heterocycles. The zero-order valence-electron chi connectivity index (χ0n) is 20.5. The minimum Gasteiger partial charge on any atom is -0.352 e.